The summed E-state index contributed by atoms with van der Waals surface area (Å²) >= 11 is 0. The Morgan fingerprint density at radius 3 is 2.46 bits per heavy atom. The summed E-state index contributed by atoms with van der Waals surface area (Å²) < 4.78 is 6.07. The highest BCUT2D eigenvalue weighted by Gasteiger charge is 2.59. The Morgan fingerprint density at radius 2 is 1.77 bits per heavy atom. The maximum Gasteiger partial charge on any atom is 0.407 e. The van der Waals surface area contributed by atoms with Crippen LogP contribution in [0.4, 0.5) is 4.79 Å². The van der Waals surface area contributed by atoms with Gasteiger partial charge in [0.1, 0.15) is 6.10 Å². The molecule has 7 heteroatoms. The number of hydrogen-bond donors (Lipinski definition) is 3. The number of nitrogens with two attached hydrogens (primary N) is 1. The second-order valence-corrected chi connectivity index (χ2v) is 16.9. The van der Waals surface area contributed by atoms with Crippen LogP contribution < -0.4 is 16.4 Å². The predicted molar refractivity (Wildman–Crippen MR) is 201 cm³/mol. The summed E-state index contributed by atoms with van der Waals surface area (Å²) in [7, 11) is 1.99. The Bertz CT molecular complexity index is 1070. The number of rotatable bonds is 19. The molecule has 3 saturated carbocycles. The van der Waals surface area contributed by atoms with E-state index >= 15 is 0 Å². The first kappa shape index (κ1) is 39.2. The molecule has 0 heterocycles. The molecule has 48 heavy (non-hydrogen) atoms. The van der Waals surface area contributed by atoms with Crippen molar-refractivity contribution in [2.75, 3.05) is 66.0 Å². The van der Waals surface area contributed by atoms with Gasteiger partial charge >= 0.3 is 6.09 Å². The average Bonchev–Trinajstić information content (AvgIpc) is 3.41. The van der Waals surface area contributed by atoms with Crippen LogP contribution in [0.5, 0.6) is 0 Å². The van der Waals surface area contributed by atoms with Gasteiger partial charge in [0.2, 0.25) is 0 Å². The molecule has 0 aliphatic heterocycles. The largest absolute Gasteiger partial charge is 0.446 e. The van der Waals surface area contributed by atoms with Crippen LogP contribution in [-0.2, 0) is 4.74 Å². The molecule has 0 spiro atoms. The SMILES string of the molecule is C#CC(CCCC(C)C)C1CCC2C3CC=C4CC(OC(=O)NCCN(CCNC)CCN(CCC)CCN)CC[C@@]4(C)C3CC[C@@]12C. The van der Waals surface area contributed by atoms with Gasteiger partial charge in [-0.2, -0.15) is 0 Å². The van der Waals surface area contributed by atoms with E-state index in [0.717, 1.165) is 95.2 Å². The number of alkyl carbamates (subject to hydrolysis) is 1. The van der Waals surface area contributed by atoms with Crippen molar-refractivity contribution in [3.63, 3.8) is 0 Å². The fraction of sp³-hybridized carbons (Fsp3) is 0.878. The molecule has 0 aromatic carbocycles. The number of nitrogens with zero attached hydrogens (tertiary/aromatic N) is 2. The lowest BCUT2D eigenvalue weighted by molar-refractivity contribution is -0.0558. The quantitative estimate of drug-likeness (QED) is 0.102. The van der Waals surface area contributed by atoms with Crippen molar-refractivity contribution >= 4 is 6.09 Å². The summed E-state index contributed by atoms with van der Waals surface area (Å²) in [5, 5.41) is 6.34. The van der Waals surface area contributed by atoms with Crippen LogP contribution in [0, 0.1) is 58.7 Å². The summed E-state index contributed by atoms with van der Waals surface area (Å²) in [4.78, 5) is 17.8. The number of likely N-dealkylation sites (N-methyl/N-ethyl adjacent to an activating group) is 1. The maximum atomic E-state index is 13.0. The minimum Gasteiger partial charge on any atom is -0.446 e. The number of nitrogens with one attached hydrogen (secondary N) is 2. The lowest BCUT2D eigenvalue weighted by Crippen LogP contribution is -2.51. The van der Waals surface area contributed by atoms with Gasteiger partial charge in [-0.3, -0.25) is 4.90 Å². The third kappa shape index (κ3) is 9.59. The summed E-state index contributed by atoms with van der Waals surface area (Å²) in [5.74, 6) is 7.48. The molecule has 8 atom stereocenters. The van der Waals surface area contributed by atoms with Gasteiger partial charge in [0.05, 0.1) is 0 Å². The number of amides is 1. The van der Waals surface area contributed by atoms with Crippen LogP contribution in [0.15, 0.2) is 11.6 Å². The molecule has 0 aromatic heterocycles. The molecule has 6 unspecified atom stereocenters. The molecule has 1 amide bonds. The highest BCUT2D eigenvalue weighted by atomic mass is 16.6. The molecule has 4 N–H and O–H groups in total. The Labute approximate surface area is 295 Å². The zero-order valence-electron chi connectivity index (χ0n) is 31.8. The summed E-state index contributed by atoms with van der Waals surface area (Å²) in [6, 6.07) is 0. The number of ether oxygens (including phenoxy) is 1. The van der Waals surface area contributed by atoms with E-state index in [0.29, 0.717) is 30.3 Å². The topological polar surface area (TPSA) is 82.9 Å². The van der Waals surface area contributed by atoms with E-state index in [4.69, 9.17) is 16.9 Å². The van der Waals surface area contributed by atoms with E-state index in [1.54, 1.807) is 5.57 Å². The van der Waals surface area contributed by atoms with Crippen molar-refractivity contribution in [2.45, 2.75) is 118 Å². The van der Waals surface area contributed by atoms with E-state index in [1.807, 2.05) is 7.05 Å². The predicted octanol–water partition coefficient (Wildman–Crippen LogP) is 6.93. The van der Waals surface area contributed by atoms with Crippen molar-refractivity contribution in [1.29, 1.82) is 0 Å². The lowest BCUT2D eigenvalue weighted by atomic mass is 9.47. The normalized spacial score (nSPS) is 31.9. The molecule has 4 rings (SSSR count). The fourth-order valence-electron chi connectivity index (χ4n) is 10.8. The second kappa shape index (κ2) is 18.6. The first-order valence-electron chi connectivity index (χ1n) is 20.0. The Hall–Kier alpha value is -1.59. The van der Waals surface area contributed by atoms with Crippen LogP contribution >= 0.6 is 0 Å². The van der Waals surface area contributed by atoms with Crippen molar-refractivity contribution < 1.29 is 9.53 Å². The van der Waals surface area contributed by atoms with Crippen molar-refractivity contribution in [1.82, 2.24) is 20.4 Å². The van der Waals surface area contributed by atoms with Crippen LogP contribution in [0.1, 0.15) is 112 Å². The Balaban J connectivity index is 1.28. The van der Waals surface area contributed by atoms with Crippen molar-refractivity contribution in [2.24, 2.45) is 52.1 Å². The van der Waals surface area contributed by atoms with Gasteiger partial charge in [-0.1, -0.05) is 59.1 Å². The lowest BCUT2D eigenvalue weighted by Gasteiger charge is -2.58. The molecule has 0 aromatic rings. The molecule has 3 fully saturated rings. The number of terminal acetylenes is 1. The van der Waals surface area contributed by atoms with E-state index in [9.17, 15) is 4.79 Å². The number of hydrogen-bond acceptors (Lipinski definition) is 6. The highest BCUT2D eigenvalue weighted by Crippen LogP contribution is 2.67. The monoisotopic (exact) mass is 668 g/mol. The van der Waals surface area contributed by atoms with Crippen LogP contribution in [-0.4, -0.2) is 87.9 Å². The fourth-order valence-corrected chi connectivity index (χ4v) is 10.8. The van der Waals surface area contributed by atoms with Gasteiger partial charge < -0.3 is 26.0 Å². The number of fused-ring (bicyclic) bond motifs is 5. The molecule has 4 aliphatic carbocycles. The number of carbonyl (C=O) groups is 1. The van der Waals surface area contributed by atoms with Gasteiger partial charge in [-0.15, -0.1) is 12.3 Å². The Morgan fingerprint density at radius 1 is 1.02 bits per heavy atom. The summed E-state index contributed by atoms with van der Waals surface area (Å²) in [6.07, 6.45) is 22.9. The second-order valence-electron chi connectivity index (χ2n) is 16.9. The molecule has 0 radical (unpaired) electrons. The Kier molecular flexibility index (Phi) is 15.2. The van der Waals surface area contributed by atoms with Gasteiger partial charge in [-0.25, -0.2) is 4.79 Å². The standard InChI is InChI=1S/C41H73N5O2/c1-8-24-45(25-21-42)28-29-46(26-22-43-7)27-23-44-39(47)48-34-17-19-40(5)33(30-34)13-14-35-37-16-15-36(41(37,6)20-18-38(35)40)32(9-2)12-10-11-31(3)4/h2,13,31-32,34-38,43H,8,10-12,14-30,42H2,1,3-7H3,(H,44,47)/t32?,34?,35?,36?,37?,38?,40-,41+/m1/s1. The molecule has 0 bridgehead atoms. The van der Waals surface area contributed by atoms with Crippen molar-refractivity contribution in [3.8, 4) is 12.3 Å². The van der Waals surface area contributed by atoms with Crippen molar-refractivity contribution in [3.05, 3.63) is 11.6 Å². The number of carbonyl (C=O) groups excluding carboxylic acids is 1. The minimum absolute atomic E-state index is 0.0212. The third-order valence-corrected chi connectivity index (χ3v) is 13.5. The highest BCUT2D eigenvalue weighted by molar-refractivity contribution is 5.67. The molecular formula is C41H73N5O2. The van der Waals surface area contributed by atoms with E-state index in [-0.39, 0.29) is 17.6 Å². The van der Waals surface area contributed by atoms with E-state index in [2.05, 4.69) is 67.0 Å². The third-order valence-electron chi connectivity index (χ3n) is 13.5. The molecule has 7 nitrogen and oxygen atoms in total. The van der Waals surface area contributed by atoms with E-state index in [1.165, 1.54) is 51.4 Å². The molecular weight excluding hydrogens is 594 g/mol. The number of allylic oxidation sites excluding steroid dienone is 1. The average molecular weight is 668 g/mol. The maximum absolute atomic E-state index is 13.0. The molecule has 4 aliphatic rings. The summed E-state index contributed by atoms with van der Waals surface area (Å²) in [6.45, 7) is 20.0. The first-order chi connectivity index (χ1) is 23.1. The van der Waals surface area contributed by atoms with E-state index < -0.39 is 0 Å². The minimum atomic E-state index is -0.260. The molecule has 274 valence electrons. The van der Waals surface area contributed by atoms with Crippen LogP contribution in [0.3, 0.4) is 0 Å². The molecule has 0 saturated heterocycles. The van der Waals surface area contributed by atoms with Gasteiger partial charge in [0.15, 0.2) is 0 Å². The van der Waals surface area contributed by atoms with Gasteiger partial charge in [0, 0.05) is 64.7 Å². The van der Waals surface area contributed by atoms with Crippen LogP contribution in [0.2, 0.25) is 0 Å². The zero-order valence-corrected chi connectivity index (χ0v) is 31.8. The zero-order chi connectivity index (χ0) is 34.7. The first-order valence-corrected chi connectivity index (χ1v) is 20.0. The van der Waals surface area contributed by atoms with Crippen LogP contribution in [0.25, 0.3) is 0 Å². The van der Waals surface area contributed by atoms with Gasteiger partial charge in [-0.05, 0) is 112 Å². The smallest absolute Gasteiger partial charge is 0.407 e. The van der Waals surface area contributed by atoms with Gasteiger partial charge in [0.25, 0.3) is 0 Å². The summed E-state index contributed by atoms with van der Waals surface area (Å²) in [5.41, 5.74) is 8.02.